The molecule has 2 aromatic carbocycles. The number of likely N-dealkylation sites (tertiary alicyclic amines) is 1. The van der Waals surface area contributed by atoms with Crippen molar-refractivity contribution in [3.8, 4) is 0 Å². The molecule has 1 atom stereocenters. The van der Waals surface area contributed by atoms with Crippen molar-refractivity contribution in [2.75, 3.05) is 44.3 Å². The summed E-state index contributed by atoms with van der Waals surface area (Å²) >= 11 is 0. The SMILES string of the molecule is O=C(c1ccc(N2CCOCC2)cc1)N1CCC(C(=O)N2N=CCC2c2ccccc2)CC1. The topological polar surface area (TPSA) is 65.5 Å². The summed E-state index contributed by atoms with van der Waals surface area (Å²) < 4.78 is 5.41. The average Bonchev–Trinajstić information content (AvgIpc) is 3.39. The van der Waals surface area contributed by atoms with E-state index in [0.29, 0.717) is 31.5 Å². The molecule has 0 spiro atoms. The summed E-state index contributed by atoms with van der Waals surface area (Å²) in [5.74, 6) is 0.00885. The number of piperidine rings is 1. The van der Waals surface area contributed by atoms with Crippen molar-refractivity contribution in [2.24, 2.45) is 11.0 Å². The number of ether oxygens (including phenoxy) is 1. The Morgan fingerprint density at radius 1 is 0.879 bits per heavy atom. The highest BCUT2D eigenvalue weighted by Crippen LogP contribution is 2.32. The van der Waals surface area contributed by atoms with E-state index in [0.717, 1.165) is 44.0 Å². The van der Waals surface area contributed by atoms with Crippen molar-refractivity contribution in [1.29, 1.82) is 0 Å². The highest BCUT2D eigenvalue weighted by Gasteiger charge is 2.35. The third kappa shape index (κ3) is 4.64. The molecule has 2 aromatic rings. The first-order chi connectivity index (χ1) is 16.2. The van der Waals surface area contributed by atoms with E-state index in [1.165, 1.54) is 0 Å². The fraction of sp³-hybridized carbons (Fsp3) is 0.423. The molecule has 0 radical (unpaired) electrons. The molecule has 3 aliphatic heterocycles. The summed E-state index contributed by atoms with van der Waals surface area (Å²) in [5, 5.41) is 6.04. The number of anilines is 1. The second-order valence-corrected chi connectivity index (χ2v) is 8.86. The van der Waals surface area contributed by atoms with Crippen LogP contribution in [0.5, 0.6) is 0 Å². The number of amides is 2. The Bertz CT molecular complexity index is 994. The number of carbonyl (C=O) groups is 2. The minimum absolute atomic E-state index is 0.0247. The first-order valence-electron chi connectivity index (χ1n) is 11.8. The zero-order chi connectivity index (χ0) is 22.6. The van der Waals surface area contributed by atoms with Gasteiger partial charge in [0.05, 0.1) is 19.3 Å². The molecular formula is C26H30N4O3. The number of hydrogen-bond acceptors (Lipinski definition) is 5. The average molecular weight is 447 g/mol. The number of morpholine rings is 1. The van der Waals surface area contributed by atoms with Crippen molar-refractivity contribution in [3.63, 3.8) is 0 Å². The van der Waals surface area contributed by atoms with Crippen LogP contribution in [-0.4, -0.2) is 67.3 Å². The largest absolute Gasteiger partial charge is 0.378 e. The third-order valence-corrected chi connectivity index (χ3v) is 6.86. The van der Waals surface area contributed by atoms with E-state index in [2.05, 4.69) is 10.0 Å². The zero-order valence-electron chi connectivity index (χ0n) is 18.8. The number of hydrogen-bond donors (Lipinski definition) is 0. The first-order valence-corrected chi connectivity index (χ1v) is 11.8. The fourth-order valence-electron chi connectivity index (χ4n) is 4.91. The second kappa shape index (κ2) is 9.75. The van der Waals surface area contributed by atoms with Crippen molar-refractivity contribution in [1.82, 2.24) is 9.91 Å². The normalized spacial score (nSPS) is 21.5. The van der Waals surface area contributed by atoms with Crippen molar-refractivity contribution in [3.05, 3.63) is 65.7 Å². The van der Waals surface area contributed by atoms with Gasteiger partial charge in [0, 0.05) is 56.0 Å². The van der Waals surface area contributed by atoms with Gasteiger partial charge in [0.2, 0.25) is 5.91 Å². The van der Waals surface area contributed by atoms with Gasteiger partial charge in [-0.05, 0) is 42.7 Å². The van der Waals surface area contributed by atoms with Crippen LogP contribution in [0.3, 0.4) is 0 Å². The van der Waals surface area contributed by atoms with Crippen LogP contribution in [0, 0.1) is 5.92 Å². The maximum Gasteiger partial charge on any atom is 0.253 e. The quantitative estimate of drug-likeness (QED) is 0.723. The number of nitrogens with zero attached hydrogens (tertiary/aromatic N) is 4. The number of rotatable bonds is 4. The van der Waals surface area contributed by atoms with Gasteiger partial charge in [-0.25, -0.2) is 5.01 Å². The molecular weight excluding hydrogens is 416 g/mol. The highest BCUT2D eigenvalue weighted by molar-refractivity contribution is 5.94. The van der Waals surface area contributed by atoms with Gasteiger partial charge < -0.3 is 14.5 Å². The number of benzene rings is 2. The zero-order valence-corrected chi connectivity index (χ0v) is 18.8. The molecule has 0 aliphatic carbocycles. The van der Waals surface area contributed by atoms with E-state index in [4.69, 9.17) is 4.74 Å². The van der Waals surface area contributed by atoms with E-state index >= 15 is 0 Å². The van der Waals surface area contributed by atoms with Crippen molar-refractivity contribution in [2.45, 2.75) is 25.3 Å². The van der Waals surface area contributed by atoms with Crippen LogP contribution < -0.4 is 4.90 Å². The van der Waals surface area contributed by atoms with Crippen molar-refractivity contribution < 1.29 is 14.3 Å². The van der Waals surface area contributed by atoms with Gasteiger partial charge in [-0.1, -0.05) is 30.3 Å². The summed E-state index contributed by atoms with van der Waals surface area (Å²) in [6.45, 7) is 4.41. The summed E-state index contributed by atoms with van der Waals surface area (Å²) in [6.07, 6.45) is 3.91. The lowest BCUT2D eigenvalue weighted by Crippen LogP contribution is -2.43. The Labute approximate surface area is 194 Å². The minimum atomic E-state index is -0.0980. The van der Waals surface area contributed by atoms with Gasteiger partial charge in [0.1, 0.15) is 0 Å². The fourth-order valence-corrected chi connectivity index (χ4v) is 4.91. The van der Waals surface area contributed by atoms with Gasteiger partial charge in [0.25, 0.3) is 5.91 Å². The lowest BCUT2D eigenvalue weighted by atomic mass is 9.94. The molecule has 3 aliphatic rings. The molecule has 33 heavy (non-hydrogen) atoms. The molecule has 5 rings (SSSR count). The van der Waals surface area contributed by atoms with Gasteiger partial charge >= 0.3 is 0 Å². The van der Waals surface area contributed by atoms with Crippen LogP contribution in [0.25, 0.3) is 0 Å². The maximum absolute atomic E-state index is 13.2. The van der Waals surface area contributed by atoms with Crippen molar-refractivity contribution >= 4 is 23.7 Å². The molecule has 7 heteroatoms. The Hall–Kier alpha value is -3.19. The summed E-state index contributed by atoms with van der Waals surface area (Å²) in [5.41, 5.74) is 2.93. The van der Waals surface area contributed by atoms with Gasteiger partial charge in [-0.2, -0.15) is 5.10 Å². The van der Waals surface area contributed by atoms with E-state index < -0.39 is 0 Å². The lowest BCUT2D eigenvalue weighted by Gasteiger charge is -2.34. The van der Waals surface area contributed by atoms with Crippen LogP contribution >= 0.6 is 0 Å². The van der Waals surface area contributed by atoms with Crippen LogP contribution in [-0.2, 0) is 9.53 Å². The highest BCUT2D eigenvalue weighted by atomic mass is 16.5. The summed E-state index contributed by atoms with van der Waals surface area (Å²) in [6, 6.07) is 17.9. The summed E-state index contributed by atoms with van der Waals surface area (Å²) in [7, 11) is 0. The molecule has 1 unspecified atom stereocenters. The van der Waals surface area contributed by atoms with Crippen LogP contribution in [0.15, 0.2) is 59.7 Å². The Morgan fingerprint density at radius 3 is 2.27 bits per heavy atom. The molecule has 2 fully saturated rings. The monoisotopic (exact) mass is 446 g/mol. The number of hydrazone groups is 1. The Morgan fingerprint density at radius 2 is 1.58 bits per heavy atom. The second-order valence-electron chi connectivity index (χ2n) is 8.86. The molecule has 172 valence electrons. The Kier molecular flexibility index (Phi) is 6.39. The smallest absolute Gasteiger partial charge is 0.253 e. The van der Waals surface area contributed by atoms with Crippen LogP contribution in [0.1, 0.15) is 41.2 Å². The van der Waals surface area contributed by atoms with Gasteiger partial charge in [-0.15, -0.1) is 0 Å². The van der Waals surface area contributed by atoms with E-state index in [9.17, 15) is 9.59 Å². The van der Waals surface area contributed by atoms with E-state index in [1.807, 2.05) is 65.7 Å². The third-order valence-electron chi connectivity index (χ3n) is 6.86. The standard InChI is InChI=1S/C26H30N4O3/c31-25(21-6-8-23(9-7-21)28-16-18-33-19-17-28)29-14-11-22(12-15-29)26(32)30-24(10-13-27-30)20-4-2-1-3-5-20/h1-9,13,22,24H,10-12,14-19H2. The molecule has 2 saturated heterocycles. The molecule has 0 N–H and O–H groups in total. The van der Waals surface area contributed by atoms with Gasteiger partial charge in [-0.3, -0.25) is 9.59 Å². The Balaban J connectivity index is 1.17. The van der Waals surface area contributed by atoms with Gasteiger partial charge in [0.15, 0.2) is 0 Å². The predicted octanol–water partition coefficient (Wildman–Crippen LogP) is 3.33. The lowest BCUT2D eigenvalue weighted by molar-refractivity contribution is -0.138. The molecule has 3 heterocycles. The number of carbonyl (C=O) groups excluding carboxylic acids is 2. The minimum Gasteiger partial charge on any atom is -0.378 e. The predicted molar refractivity (Wildman–Crippen MR) is 127 cm³/mol. The molecule has 7 nitrogen and oxygen atoms in total. The molecule has 0 saturated carbocycles. The molecule has 0 bridgehead atoms. The van der Waals surface area contributed by atoms with Crippen LogP contribution in [0.4, 0.5) is 5.69 Å². The maximum atomic E-state index is 13.2. The van der Waals surface area contributed by atoms with Crippen LogP contribution in [0.2, 0.25) is 0 Å². The van der Waals surface area contributed by atoms with E-state index in [-0.39, 0.29) is 23.8 Å². The van der Waals surface area contributed by atoms with E-state index in [1.54, 1.807) is 5.01 Å². The first kappa shape index (κ1) is 21.6. The molecule has 0 aromatic heterocycles. The molecule has 2 amide bonds. The summed E-state index contributed by atoms with van der Waals surface area (Å²) in [4.78, 5) is 30.4.